The largest absolute Gasteiger partial charge is 0.435 e. The van der Waals surface area contributed by atoms with Gasteiger partial charge in [0.25, 0.3) is 5.92 Å². The van der Waals surface area contributed by atoms with Crippen molar-refractivity contribution in [3.8, 4) is 23.0 Å². The average molecular weight is 796 g/mol. The molecule has 1 aliphatic rings. The van der Waals surface area contributed by atoms with Crippen LogP contribution in [0, 0.1) is 23.5 Å². The number of amides is 1. The maximum absolute atomic E-state index is 14.9. The number of hydrogen-bond acceptors (Lipinski definition) is 6. The van der Waals surface area contributed by atoms with Crippen LogP contribution < -0.4 is 10.0 Å². The van der Waals surface area contributed by atoms with Gasteiger partial charge in [-0.25, -0.2) is 18.0 Å². The molecule has 2 atom stereocenters. The molecule has 1 amide bonds. The topological polar surface area (TPSA) is 138 Å². The fourth-order valence-corrected chi connectivity index (χ4v) is 6.89. The molecule has 2 unspecified atom stereocenters. The molecule has 3 heterocycles. The summed E-state index contributed by atoms with van der Waals surface area (Å²) in [7, 11) is -1.56. The van der Waals surface area contributed by atoms with Crippen LogP contribution >= 0.6 is 11.6 Å². The number of anilines is 1. The van der Waals surface area contributed by atoms with Crippen LogP contribution in [0.3, 0.4) is 0 Å². The van der Waals surface area contributed by atoms with Gasteiger partial charge >= 0.3 is 6.18 Å². The third-order valence-electron chi connectivity index (χ3n) is 8.30. The van der Waals surface area contributed by atoms with E-state index in [-0.39, 0.29) is 39.8 Å². The molecule has 0 aliphatic heterocycles. The lowest BCUT2D eigenvalue weighted by Crippen LogP contribution is -2.35. The Labute approximate surface area is 310 Å². The predicted octanol–water partition coefficient (Wildman–Crippen LogP) is 6.74. The van der Waals surface area contributed by atoms with E-state index in [1.807, 2.05) is 0 Å². The zero-order chi connectivity index (χ0) is 39.3. The molecule has 54 heavy (non-hydrogen) atoms. The summed E-state index contributed by atoms with van der Waals surface area (Å²) in [6.45, 7) is 1.77. The van der Waals surface area contributed by atoms with Gasteiger partial charge in [-0.1, -0.05) is 23.6 Å². The van der Waals surface area contributed by atoms with Crippen molar-refractivity contribution in [2.24, 2.45) is 0 Å². The second-order valence-electron chi connectivity index (χ2n) is 13.0. The molecule has 0 fully saturated rings. The van der Waals surface area contributed by atoms with Gasteiger partial charge in [-0.15, -0.1) is 0 Å². The first-order valence-electron chi connectivity index (χ1n) is 16.0. The quantitative estimate of drug-likeness (QED) is 0.0965. The Hall–Kier alpha value is -4.99. The number of benzene rings is 2. The van der Waals surface area contributed by atoms with Gasteiger partial charge in [0, 0.05) is 35.4 Å². The van der Waals surface area contributed by atoms with E-state index in [4.69, 9.17) is 11.6 Å². The lowest BCUT2D eigenvalue weighted by Gasteiger charge is -2.23. The summed E-state index contributed by atoms with van der Waals surface area (Å²) >= 11 is 6.51. The Kier molecular flexibility index (Phi) is 10.3. The zero-order valence-electron chi connectivity index (χ0n) is 28.4. The highest BCUT2D eigenvalue weighted by Crippen LogP contribution is 2.46. The van der Waals surface area contributed by atoms with Crippen molar-refractivity contribution < 1.29 is 44.8 Å². The minimum atomic E-state index is -5.07. The van der Waals surface area contributed by atoms with Crippen LogP contribution in [-0.4, -0.2) is 52.0 Å². The first kappa shape index (κ1) is 38.7. The number of aliphatic hydroxyl groups is 1. The van der Waals surface area contributed by atoms with Gasteiger partial charge in [-0.05, 0) is 68.5 Å². The SMILES string of the molecule is CS(=O)Nc1n[nH]c2c(-c3ccc(C#CC(C)(C)O)nc3C(Cc3cc(F)cc(F)c3)NC(=O)Cn3nc(C(F)(F)F)c4c3C(F)(F)CC4)ccc(Cl)c12. The van der Waals surface area contributed by atoms with E-state index in [0.717, 1.165) is 12.1 Å². The van der Waals surface area contributed by atoms with Crippen molar-refractivity contribution in [3.63, 3.8) is 0 Å². The van der Waals surface area contributed by atoms with Gasteiger partial charge in [0.1, 0.15) is 46.2 Å². The Morgan fingerprint density at radius 1 is 1.13 bits per heavy atom. The van der Waals surface area contributed by atoms with Gasteiger partial charge in [-0.3, -0.25) is 19.3 Å². The number of nitrogens with one attached hydrogen (secondary N) is 3. The van der Waals surface area contributed by atoms with Gasteiger partial charge in [-0.2, -0.15) is 32.1 Å². The molecule has 19 heteroatoms. The van der Waals surface area contributed by atoms with Crippen LogP contribution in [-0.2, 0) is 47.3 Å². The summed E-state index contributed by atoms with van der Waals surface area (Å²) < 4.78 is 115. The van der Waals surface area contributed by atoms with Crippen molar-refractivity contribution in [3.05, 3.63) is 93.0 Å². The Morgan fingerprint density at radius 3 is 2.46 bits per heavy atom. The number of halogens is 8. The number of hydrogen-bond donors (Lipinski definition) is 4. The highest BCUT2D eigenvalue weighted by Gasteiger charge is 2.50. The molecule has 10 nitrogen and oxygen atoms in total. The van der Waals surface area contributed by atoms with Crippen molar-refractivity contribution >= 4 is 45.2 Å². The normalized spacial score (nSPS) is 15.0. The molecule has 4 N–H and O–H groups in total. The van der Waals surface area contributed by atoms with Crippen LogP contribution in [0.2, 0.25) is 5.02 Å². The second kappa shape index (κ2) is 14.3. The van der Waals surface area contributed by atoms with Crippen molar-refractivity contribution in [1.29, 1.82) is 0 Å². The summed E-state index contributed by atoms with van der Waals surface area (Å²) in [5.74, 6) is -1.20. The number of H-pyrrole nitrogens is 1. The molecule has 0 spiro atoms. The Balaban J connectivity index is 1.51. The molecular weight excluding hydrogens is 767 g/mol. The zero-order valence-corrected chi connectivity index (χ0v) is 30.0. The fourth-order valence-electron chi connectivity index (χ4n) is 6.23. The maximum atomic E-state index is 14.9. The number of rotatable bonds is 9. The minimum Gasteiger partial charge on any atom is -0.378 e. The molecule has 1 aliphatic carbocycles. The van der Waals surface area contributed by atoms with Crippen molar-refractivity contribution in [2.75, 3.05) is 11.0 Å². The number of nitrogens with zero attached hydrogens (tertiary/aromatic N) is 4. The molecule has 0 bridgehead atoms. The summed E-state index contributed by atoms with van der Waals surface area (Å²) in [5, 5.41) is 23.8. The standard InChI is InChI=1S/C35H29ClF7N7O3S/c1-33(2,52)10-8-20-4-5-21(22-6-7-24(36)27-29(22)46-47-32(27)49-54(3)53)28(44-20)25(14-17-12-18(37)15-19(38)13-17)45-26(51)16-50-31-23(9-11-34(31,39)40)30(48-50)35(41,42)43/h4-7,12-13,15,25,52H,9,11,14,16H2,1-3H3,(H,45,51)(H2,46,47,49). The van der Waals surface area contributed by atoms with E-state index in [1.54, 1.807) is 12.1 Å². The van der Waals surface area contributed by atoms with Crippen LogP contribution in [0.25, 0.3) is 22.0 Å². The molecular formula is C35H29ClF7N7O3S. The number of aromatic amines is 1. The lowest BCUT2D eigenvalue weighted by atomic mass is 9.93. The number of pyridine rings is 1. The molecule has 284 valence electrons. The fraction of sp³-hybridized carbons (Fsp3) is 0.314. The van der Waals surface area contributed by atoms with Gasteiger partial charge in [0.15, 0.2) is 11.5 Å². The van der Waals surface area contributed by atoms with Gasteiger partial charge in [0.05, 0.1) is 27.7 Å². The number of carbonyl (C=O) groups is 1. The molecule has 5 aromatic rings. The average Bonchev–Trinajstić information content (AvgIpc) is 3.73. The minimum absolute atomic E-state index is 0.00868. The highest BCUT2D eigenvalue weighted by atomic mass is 35.5. The molecule has 0 saturated heterocycles. The third kappa shape index (κ3) is 8.22. The second-order valence-corrected chi connectivity index (χ2v) is 14.6. The summed E-state index contributed by atoms with van der Waals surface area (Å²) in [6, 6.07) is 7.39. The number of fused-ring (bicyclic) bond motifs is 2. The monoisotopic (exact) mass is 795 g/mol. The highest BCUT2D eigenvalue weighted by molar-refractivity contribution is 7.85. The molecule has 0 saturated carbocycles. The number of carbonyl (C=O) groups excluding carboxylic acids is 1. The van der Waals surface area contributed by atoms with E-state index in [0.29, 0.717) is 27.2 Å². The summed E-state index contributed by atoms with van der Waals surface area (Å²) in [4.78, 5) is 18.4. The predicted molar refractivity (Wildman–Crippen MR) is 186 cm³/mol. The van der Waals surface area contributed by atoms with E-state index >= 15 is 0 Å². The van der Waals surface area contributed by atoms with E-state index in [9.17, 15) is 44.8 Å². The summed E-state index contributed by atoms with van der Waals surface area (Å²) in [5.41, 5.74) is -3.69. The van der Waals surface area contributed by atoms with Crippen LogP contribution in [0.1, 0.15) is 60.2 Å². The van der Waals surface area contributed by atoms with Crippen LogP contribution in [0.4, 0.5) is 36.6 Å². The molecule has 6 rings (SSSR count). The first-order chi connectivity index (χ1) is 25.2. The first-order valence-corrected chi connectivity index (χ1v) is 18.0. The Morgan fingerprint density at radius 2 is 1.81 bits per heavy atom. The molecule has 0 radical (unpaired) electrons. The van der Waals surface area contributed by atoms with Crippen molar-refractivity contribution in [2.45, 2.75) is 63.4 Å². The van der Waals surface area contributed by atoms with Crippen LogP contribution in [0.15, 0.2) is 42.5 Å². The van der Waals surface area contributed by atoms with Gasteiger partial charge in [0.2, 0.25) is 5.91 Å². The van der Waals surface area contributed by atoms with E-state index in [2.05, 4.69) is 42.2 Å². The van der Waals surface area contributed by atoms with Crippen LogP contribution in [0.5, 0.6) is 0 Å². The maximum Gasteiger partial charge on any atom is 0.435 e. The molecule has 2 aromatic carbocycles. The Bertz CT molecular complexity index is 2360. The lowest BCUT2D eigenvalue weighted by molar-refractivity contribution is -0.142. The van der Waals surface area contributed by atoms with Crippen molar-refractivity contribution in [1.82, 2.24) is 30.3 Å². The van der Waals surface area contributed by atoms with E-state index < -0.39 is 88.6 Å². The van der Waals surface area contributed by atoms with Gasteiger partial charge < -0.3 is 10.4 Å². The number of aromatic nitrogens is 5. The van der Waals surface area contributed by atoms with E-state index in [1.165, 1.54) is 32.2 Å². The number of alkyl halides is 5. The third-order valence-corrected chi connectivity index (χ3v) is 9.09. The smallest absolute Gasteiger partial charge is 0.378 e. The molecule has 3 aromatic heterocycles. The summed E-state index contributed by atoms with van der Waals surface area (Å²) in [6.07, 6.45) is -5.58.